The van der Waals surface area contributed by atoms with Gasteiger partial charge in [-0.1, -0.05) is 24.3 Å². The molecule has 186 valence electrons. The predicted octanol–water partition coefficient (Wildman–Crippen LogP) is 5.79. The molecule has 1 aromatic heterocycles. The van der Waals surface area contributed by atoms with Crippen molar-refractivity contribution in [2.45, 2.75) is 25.7 Å². The monoisotopic (exact) mass is 490 g/mol. The highest BCUT2D eigenvalue weighted by Gasteiger charge is 2.27. The summed E-state index contributed by atoms with van der Waals surface area (Å²) >= 11 is 0. The van der Waals surface area contributed by atoms with Gasteiger partial charge in [0, 0.05) is 47.9 Å². The summed E-state index contributed by atoms with van der Waals surface area (Å²) in [6.45, 7) is 4.30. The fourth-order valence-electron chi connectivity index (χ4n) is 5.58. The van der Waals surface area contributed by atoms with Gasteiger partial charge >= 0.3 is 0 Å². The van der Waals surface area contributed by atoms with E-state index >= 15 is 0 Å². The Morgan fingerprint density at radius 3 is 2.57 bits per heavy atom. The van der Waals surface area contributed by atoms with Crippen LogP contribution < -0.4 is 10.6 Å². The zero-order valence-electron chi connectivity index (χ0n) is 20.8. The molecule has 0 unspecified atom stereocenters. The molecule has 1 fully saturated rings. The second-order valence-electron chi connectivity index (χ2n) is 9.82. The molecule has 37 heavy (non-hydrogen) atoms. The molecule has 0 bridgehead atoms. The van der Waals surface area contributed by atoms with E-state index in [1.807, 2.05) is 54.6 Å². The van der Waals surface area contributed by atoms with Crippen LogP contribution >= 0.6 is 0 Å². The molecule has 1 aliphatic heterocycles. The van der Waals surface area contributed by atoms with Crippen LogP contribution in [0.5, 0.6) is 0 Å². The van der Waals surface area contributed by atoms with E-state index in [9.17, 15) is 9.59 Å². The molecule has 1 aliphatic carbocycles. The average molecular weight is 491 g/mol. The van der Waals surface area contributed by atoms with Crippen molar-refractivity contribution in [3.05, 3.63) is 89.6 Å². The van der Waals surface area contributed by atoms with Crippen molar-refractivity contribution in [3.8, 4) is 11.1 Å². The molecule has 0 radical (unpaired) electrons. The van der Waals surface area contributed by atoms with Crippen molar-refractivity contribution in [1.29, 1.82) is 0 Å². The molecule has 1 amide bonds. The van der Waals surface area contributed by atoms with Gasteiger partial charge in [0.05, 0.1) is 11.2 Å². The standard InChI is InChI=1S/C31H30N4O2/c36-29-15-13-26-24(23-5-3-7-27-25(23)6-4-16-33-27)12-14-28(30(26)29)34-31(37)21-8-10-22(11-9-21)32-17-20-35-18-1-2-19-35/h3-12,14,16,32H,1-2,13,15,17-20H2,(H,34,37). The number of pyridine rings is 1. The predicted molar refractivity (Wildman–Crippen MR) is 148 cm³/mol. The van der Waals surface area contributed by atoms with Crippen LogP contribution in [-0.4, -0.2) is 47.8 Å². The highest BCUT2D eigenvalue weighted by atomic mass is 16.1. The Kier molecular flexibility index (Phi) is 6.41. The van der Waals surface area contributed by atoms with Gasteiger partial charge < -0.3 is 15.5 Å². The molecule has 2 N–H and O–H groups in total. The first-order valence-electron chi connectivity index (χ1n) is 13.1. The highest BCUT2D eigenvalue weighted by molar-refractivity contribution is 6.13. The van der Waals surface area contributed by atoms with Crippen molar-refractivity contribution >= 4 is 34.0 Å². The van der Waals surface area contributed by atoms with Crippen molar-refractivity contribution in [1.82, 2.24) is 9.88 Å². The molecule has 6 heteroatoms. The van der Waals surface area contributed by atoms with Crippen molar-refractivity contribution < 1.29 is 9.59 Å². The zero-order valence-corrected chi connectivity index (χ0v) is 20.8. The maximum Gasteiger partial charge on any atom is 0.255 e. The molecule has 1 saturated heterocycles. The van der Waals surface area contributed by atoms with E-state index in [0.29, 0.717) is 29.7 Å². The molecule has 3 aromatic carbocycles. The first-order chi connectivity index (χ1) is 18.2. The number of fused-ring (bicyclic) bond motifs is 2. The number of nitrogens with zero attached hydrogens (tertiary/aromatic N) is 2. The van der Waals surface area contributed by atoms with E-state index in [1.54, 1.807) is 6.20 Å². The average Bonchev–Trinajstić information content (AvgIpc) is 3.59. The third-order valence-corrected chi connectivity index (χ3v) is 7.48. The number of Topliss-reactive ketones (excluding diaryl/α,β-unsaturated/α-hetero) is 1. The van der Waals surface area contributed by atoms with Gasteiger partial charge in [0.1, 0.15) is 0 Å². The Morgan fingerprint density at radius 1 is 0.892 bits per heavy atom. The Hall–Kier alpha value is -4.03. The quantitative estimate of drug-likeness (QED) is 0.343. The normalized spacial score (nSPS) is 15.2. The van der Waals surface area contributed by atoms with Crippen LogP contribution in [0.3, 0.4) is 0 Å². The fourth-order valence-corrected chi connectivity index (χ4v) is 5.58. The summed E-state index contributed by atoms with van der Waals surface area (Å²) < 4.78 is 0. The van der Waals surface area contributed by atoms with Crippen LogP contribution in [0.1, 0.15) is 45.5 Å². The number of carbonyl (C=O) groups is 2. The van der Waals surface area contributed by atoms with Gasteiger partial charge in [0.25, 0.3) is 5.91 Å². The number of nitrogens with one attached hydrogen (secondary N) is 2. The smallest absolute Gasteiger partial charge is 0.255 e. The Morgan fingerprint density at radius 2 is 1.73 bits per heavy atom. The molecule has 2 aliphatic rings. The molecule has 2 heterocycles. The topological polar surface area (TPSA) is 74.3 Å². The van der Waals surface area contributed by atoms with Crippen LogP contribution in [0.25, 0.3) is 22.0 Å². The van der Waals surface area contributed by atoms with Gasteiger partial charge in [0.15, 0.2) is 5.78 Å². The molecule has 4 aromatic rings. The van der Waals surface area contributed by atoms with Gasteiger partial charge in [-0.05, 0) is 91.5 Å². The zero-order chi connectivity index (χ0) is 25.2. The molecular formula is C31H30N4O2. The Balaban J connectivity index is 1.21. The van der Waals surface area contributed by atoms with Gasteiger partial charge in [-0.25, -0.2) is 0 Å². The van der Waals surface area contributed by atoms with Gasteiger partial charge in [-0.3, -0.25) is 14.6 Å². The van der Waals surface area contributed by atoms with Gasteiger partial charge in [-0.15, -0.1) is 0 Å². The molecule has 0 saturated carbocycles. The Labute approximate surface area is 216 Å². The number of ketones is 1. The number of hydrogen-bond donors (Lipinski definition) is 2. The summed E-state index contributed by atoms with van der Waals surface area (Å²) in [4.78, 5) is 33.0. The number of rotatable bonds is 7. The summed E-state index contributed by atoms with van der Waals surface area (Å²) in [6, 6.07) is 21.4. The van der Waals surface area contributed by atoms with Gasteiger partial charge in [-0.2, -0.15) is 0 Å². The van der Waals surface area contributed by atoms with Crippen LogP contribution in [0.2, 0.25) is 0 Å². The fraction of sp³-hybridized carbons (Fsp3) is 0.258. The largest absolute Gasteiger partial charge is 0.384 e. The van der Waals surface area contributed by atoms with Crippen LogP contribution in [0, 0.1) is 0 Å². The molecule has 6 rings (SSSR count). The third kappa shape index (κ3) is 4.72. The highest BCUT2D eigenvalue weighted by Crippen LogP contribution is 2.39. The number of benzene rings is 3. The molecular weight excluding hydrogens is 460 g/mol. The van der Waals surface area contributed by atoms with Crippen molar-refractivity contribution in [2.75, 3.05) is 36.8 Å². The molecule has 0 spiro atoms. The van der Waals surface area contributed by atoms with Crippen molar-refractivity contribution in [2.24, 2.45) is 0 Å². The number of amides is 1. The number of hydrogen-bond acceptors (Lipinski definition) is 5. The third-order valence-electron chi connectivity index (χ3n) is 7.48. The lowest BCUT2D eigenvalue weighted by molar-refractivity contribution is 0.0995. The van der Waals surface area contributed by atoms with Gasteiger partial charge in [0.2, 0.25) is 0 Å². The van der Waals surface area contributed by atoms with E-state index < -0.39 is 0 Å². The van der Waals surface area contributed by atoms with E-state index in [2.05, 4.69) is 32.7 Å². The second-order valence-corrected chi connectivity index (χ2v) is 9.82. The second kappa shape index (κ2) is 10.1. The lowest BCUT2D eigenvalue weighted by Crippen LogP contribution is -2.25. The number of anilines is 2. The van der Waals surface area contributed by atoms with E-state index in [-0.39, 0.29) is 11.7 Å². The maximum absolute atomic E-state index is 13.1. The summed E-state index contributed by atoms with van der Waals surface area (Å²) in [5, 5.41) is 7.50. The lowest BCUT2D eigenvalue weighted by atomic mass is 9.93. The number of likely N-dealkylation sites (tertiary alicyclic amines) is 1. The number of aromatic nitrogens is 1. The number of carbonyl (C=O) groups excluding carboxylic acids is 2. The SMILES string of the molecule is O=C(Nc1ccc(-c2cccc3ncccc23)c2c1C(=O)CC2)c1ccc(NCCN2CCCC2)cc1. The minimum Gasteiger partial charge on any atom is -0.384 e. The summed E-state index contributed by atoms with van der Waals surface area (Å²) in [6.07, 6.45) is 5.50. The van der Waals surface area contributed by atoms with E-state index in [4.69, 9.17) is 0 Å². The van der Waals surface area contributed by atoms with E-state index in [1.165, 1.54) is 25.9 Å². The first kappa shape index (κ1) is 23.4. The summed E-state index contributed by atoms with van der Waals surface area (Å²) in [7, 11) is 0. The van der Waals surface area contributed by atoms with Crippen molar-refractivity contribution in [3.63, 3.8) is 0 Å². The minimum atomic E-state index is -0.215. The van der Waals surface area contributed by atoms with Crippen LogP contribution in [0.4, 0.5) is 11.4 Å². The molecule has 6 nitrogen and oxygen atoms in total. The van der Waals surface area contributed by atoms with Crippen LogP contribution in [0.15, 0.2) is 72.9 Å². The molecule has 0 atom stereocenters. The van der Waals surface area contributed by atoms with Crippen LogP contribution in [-0.2, 0) is 6.42 Å². The first-order valence-corrected chi connectivity index (χ1v) is 13.1. The van der Waals surface area contributed by atoms with E-state index in [0.717, 1.165) is 46.4 Å². The lowest BCUT2D eigenvalue weighted by Gasteiger charge is -2.16. The Bertz CT molecular complexity index is 1470. The summed E-state index contributed by atoms with van der Waals surface area (Å²) in [5.41, 5.74) is 6.78. The minimum absolute atomic E-state index is 0.0723. The summed E-state index contributed by atoms with van der Waals surface area (Å²) in [5.74, 6) is -0.143. The maximum atomic E-state index is 13.1.